The number of ether oxygens (including phenoxy) is 1. The molecule has 2 fully saturated rings. The monoisotopic (exact) mass is 326 g/mol. The Balaban J connectivity index is 1.54. The second-order valence-corrected chi connectivity index (χ2v) is 6.08. The van der Waals surface area contributed by atoms with E-state index in [2.05, 4.69) is 5.10 Å². The quantitative estimate of drug-likeness (QED) is 0.836. The van der Waals surface area contributed by atoms with Gasteiger partial charge in [0.15, 0.2) is 5.69 Å². The molecule has 7 nitrogen and oxygen atoms in total. The van der Waals surface area contributed by atoms with Gasteiger partial charge in [-0.05, 0) is 11.6 Å². The summed E-state index contributed by atoms with van der Waals surface area (Å²) < 4.78 is 6.77. The second-order valence-electron chi connectivity index (χ2n) is 6.08. The number of carbonyl (C=O) groups is 2. The number of hydrogen-bond acceptors (Lipinski definition) is 4. The third-order valence-corrected chi connectivity index (χ3v) is 4.57. The molecule has 2 aromatic rings. The normalized spacial score (nSPS) is 20.0. The van der Waals surface area contributed by atoms with E-state index < -0.39 is 0 Å². The third-order valence-electron chi connectivity index (χ3n) is 4.57. The van der Waals surface area contributed by atoms with Crippen LogP contribution in [0, 0.1) is 0 Å². The molecule has 0 saturated carbocycles. The number of aromatic nitrogens is 2. The van der Waals surface area contributed by atoms with Crippen LogP contribution in [-0.2, 0) is 11.8 Å². The van der Waals surface area contributed by atoms with Crippen molar-refractivity contribution in [2.75, 3.05) is 26.2 Å². The molecule has 2 aliphatic heterocycles. The van der Waals surface area contributed by atoms with Gasteiger partial charge in [0.2, 0.25) is 0 Å². The summed E-state index contributed by atoms with van der Waals surface area (Å²) in [5.41, 5.74) is 2.35. The van der Waals surface area contributed by atoms with Crippen molar-refractivity contribution in [1.29, 1.82) is 0 Å². The zero-order chi connectivity index (χ0) is 16.7. The molecule has 2 saturated heterocycles. The molecule has 0 spiro atoms. The first-order valence-electron chi connectivity index (χ1n) is 7.95. The van der Waals surface area contributed by atoms with Crippen LogP contribution in [0.15, 0.2) is 36.4 Å². The van der Waals surface area contributed by atoms with E-state index in [-0.39, 0.29) is 18.0 Å². The molecular weight excluding hydrogens is 308 g/mol. The Kier molecular flexibility index (Phi) is 3.48. The van der Waals surface area contributed by atoms with E-state index in [0.29, 0.717) is 31.9 Å². The van der Waals surface area contributed by atoms with Crippen molar-refractivity contribution < 1.29 is 14.3 Å². The number of rotatable bonds is 2. The smallest absolute Gasteiger partial charge is 0.410 e. The van der Waals surface area contributed by atoms with Crippen molar-refractivity contribution in [2.24, 2.45) is 7.05 Å². The van der Waals surface area contributed by atoms with Crippen molar-refractivity contribution in [3.63, 3.8) is 0 Å². The number of fused-ring (bicyclic) bond motifs is 1. The summed E-state index contributed by atoms with van der Waals surface area (Å²) in [6.45, 7) is 1.84. The first-order valence-corrected chi connectivity index (χ1v) is 7.95. The number of aryl methyl sites for hydroxylation is 1. The summed E-state index contributed by atoms with van der Waals surface area (Å²) in [6.07, 6.45) is -0.281. The lowest BCUT2D eigenvalue weighted by Crippen LogP contribution is -2.53. The summed E-state index contributed by atoms with van der Waals surface area (Å²) >= 11 is 0. The maximum atomic E-state index is 12.8. The van der Waals surface area contributed by atoms with Crippen molar-refractivity contribution in [3.05, 3.63) is 42.1 Å². The van der Waals surface area contributed by atoms with Gasteiger partial charge in [-0.25, -0.2) is 4.79 Å². The van der Waals surface area contributed by atoms with Crippen LogP contribution < -0.4 is 0 Å². The lowest BCUT2D eigenvalue weighted by atomic mass is 10.1. The highest BCUT2D eigenvalue weighted by Gasteiger charge is 2.39. The predicted molar refractivity (Wildman–Crippen MR) is 86.4 cm³/mol. The SMILES string of the molecule is Cn1nc(C(=O)N2CCN3C(=O)OC[C@@H]3C2)cc1-c1ccccc1. The van der Waals surface area contributed by atoms with Crippen LogP contribution in [0.2, 0.25) is 0 Å². The third kappa shape index (κ3) is 2.42. The minimum atomic E-state index is -0.281. The van der Waals surface area contributed by atoms with E-state index in [4.69, 9.17) is 4.74 Å². The molecule has 0 unspecified atom stereocenters. The molecule has 0 N–H and O–H groups in total. The standard InChI is InChI=1S/C17H18N4O3/c1-19-15(12-5-3-2-4-6-12)9-14(18-19)16(22)20-7-8-21-13(10-20)11-24-17(21)23/h2-6,9,13H,7-8,10-11H2,1H3/t13-/m0/s1. The number of hydrogen-bond donors (Lipinski definition) is 0. The van der Waals surface area contributed by atoms with Crippen LogP contribution in [0.25, 0.3) is 11.3 Å². The van der Waals surface area contributed by atoms with Crippen molar-refractivity contribution in [2.45, 2.75) is 6.04 Å². The molecule has 4 rings (SSSR count). The summed E-state index contributed by atoms with van der Waals surface area (Å²) in [4.78, 5) is 27.8. The minimum Gasteiger partial charge on any atom is -0.447 e. The highest BCUT2D eigenvalue weighted by molar-refractivity contribution is 5.93. The zero-order valence-electron chi connectivity index (χ0n) is 13.4. The fourth-order valence-electron chi connectivity index (χ4n) is 3.29. The van der Waals surface area contributed by atoms with Gasteiger partial charge in [-0.2, -0.15) is 5.10 Å². The van der Waals surface area contributed by atoms with Gasteiger partial charge in [-0.3, -0.25) is 14.4 Å². The largest absolute Gasteiger partial charge is 0.447 e. The number of carbonyl (C=O) groups excluding carboxylic acids is 2. The maximum absolute atomic E-state index is 12.8. The average molecular weight is 326 g/mol. The highest BCUT2D eigenvalue weighted by atomic mass is 16.6. The number of amides is 2. The Morgan fingerprint density at radius 2 is 2.04 bits per heavy atom. The molecule has 2 amide bonds. The summed E-state index contributed by atoms with van der Waals surface area (Å²) in [5.74, 6) is -0.105. The van der Waals surface area contributed by atoms with Gasteiger partial charge in [-0.15, -0.1) is 0 Å². The van der Waals surface area contributed by atoms with Gasteiger partial charge >= 0.3 is 6.09 Å². The Morgan fingerprint density at radius 1 is 1.25 bits per heavy atom. The second kappa shape index (κ2) is 5.67. The van der Waals surface area contributed by atoms with Crippen molar-refractivity contribution in [3.8, 4) is 11.3 Å². The van der Waals surface area contributed by atoms with E-state index in [0.717, 1.165) is 11.3 Å². The molecule has 24 heavy (non-hydrogen) atoms. The van der Waals surface area contributed by atoms with Crippen molar-refractivity contribution in [1.82, 2.24) is 19.6 Å². The van der Waals surface area contributed by atoms with Gasteiger partial charge < -0.3 is 9.64 Å². The predicted octanol–water partition coefficient (Wildman–Crippen LogP) is 1.36. The van der Waals surface area contributed by atoms with Crippen LogP contribution in [-0.4, -0.2) is 63.9 Å². The Labute approximate surface area is 139 Å². The fourth-order valence-corrected chi connectivity index (χ4v) is 3.29. The van der Waals surface area contributed by atoms with Gasteiger partial charge in [0.05, 0.1) is 11.7 Å². The van der Waals surface area contributed by atoms with Crippen LogP contribution in [0.1, 0.15) is 10.5 Å². The Hall–Kier alpha value is -2.83. The summed E-state index contributed by atoms with van der Waals surface area (Å²) in [5, 5.41) is 4.38. The van der Waals surface area contributed by atoms with Crippen LogP contribution >= 0.6 is 0 Å². The average Bonchev–Trinajstić information content (AvgIpc) is 3.18. The first-order chi connectivity index (χ1) is 11.6. The lowest BCUT2D eigenvalue weighted by molar-refractivity contribution is 0.0610. The van der Waals surface area contributed by atoms with E-state index in [9.17, 15) is 9.59 Å². The topological polar surface area (TPSA) is 67.7 Å². The fraction of sp³-hybridized carbons (Fsp3) is 0.353. The van der Waals surface area contributed by atoms with E-state index in [1.807, 2.05) is 43.4 Å². The first kappa shape index (κ1) is 14.7. The molecule has 1 aromatic carbocycles. The van der Waals surface area contributed by atoms with Gasteiger partial charge in [-0.1, -0.05) is 30.3 Å². The molecule has 0 aliphatic carbocycles. The Bertz CT molecular complexity index is 786. The van der Waals surface area contributed by atoms with Crippen LogP contribution in [0.3, 0.4) is 0 Å². The molecular formula is C17H18N4O3. The zero-order valence-corrected chi connectivity index (χ0v) is 13.4. The maximum Gasteiger partial charge on any atom is 0.410 e. The number of cyclic esters (lactones) is 1. The van der Waals surface area contributed by atoms with Gasteiger partial charge in [0.1, 0.15) is 6.61 Å². The summed E-state index contributed by atoms with van der Waals surface area (Å²) in [6, 6.07) is 11.6. The molecule has 7 heteroatoms. The minimum absolute atomic E-state index is 0.0486. The van der Waals surface area contributed by atoms with Crippen LogP contribution in [0.4, 0.5) is 4.79 Å². The lowest BCUT2D eigenvalue weighted by Gasteiger charge is -2.34. The molecule has 1 atom stereocenters. The molecule has 0 bridgehead atoms. The van der Waals surface area contributed by atoms with Crippen LogP contribution in [0.5, 0.6) is 0 Å². The number of piperazine rings is 1. The van der Waals surface area contributed by atoms with Gasteiger partial charge in [0, 0.05) is 26.7 Å². The number of nitrogens with zero attached hydrogens (tertiary/aromatic N) is 4. The molecule has 3 heterocycles. The van der Waals surface area contributed by atoms with E-state index >= 15 is 0 Å². The molecule has 2 aliphatic rings. The number of benzene rings is 1. The highest BCUT2D eigenvalue weighted by Crippen LogP contribution is 2.22. The van der Waals surface area contributed by atoms with E-state index in [1.165, 1.54) is 0 Å². The van der Waals surface area contributed by atoms with Crippen molar-refractivity contribution >= 4 is 12.0 Å². The Morgan fingerprint density at radius 3 is 2.83 bits per heavy atom. The molecule has 0 radical (unpaired) electrons. The van der Waals surface area contributed by atoms with E-state index in [1.54, 1.807) is 14.5 Å². The van der Waals surface area contributed by atoms with Gasteiger partial charge in [0.25, 0.3) is 5.91 Å². The molecule has 124 valence electrons. The molecule has 1 aromatic heterocycles. The summed E-state index contributed by atoms with van der Waals surface area (Å²) in [7, 11) is 1.83.